The summed E-state index contributed by atoms with van der Waals surface area (Å²) >= 11 is 0. The summed E-state index contributed by atoms with van der Waals surface area (Å²) in [6.45, 7) is 2.87. The number of rotatable bonds is 5. The van der Waals surface area contributed by atoms with Gasteiger partial charge in [0.2, 0.25) is 0 Å². The van der Waals surface area contributed by atoms with Gasteiger partial charge in [0, 0.05) is 24.3 Å². The predicted molar refractivity (Wildman–Crippen MR) is 62.0 cm³/mol. The van der Waals surface area contributed by atoms with Gasteiger partial charge in [-0.25, -0.2) is 9.97 Å². The Hall–Kier alpha value is -1.63. The van der Waals surface area contributed by atoms with Crippen LogP contribution in [0.4, 0.5) is 5.82 Å². The number of nitrogens with zero attached hydrogens (tertiary/aromatic N) is 4. The average Bonchev–Trinajstić information content (AvgIpc) is 3.14. The molecular weight excluding hydrogens is 200 g/mol. The molecule has 0 bridgehead atoms. The molecule has 0 N–H and O–H groups in total. The van der Waals surface area contributed by atoms with Crippen molar-refractivity contribution in [1.82, 2.24) is 9.97 Å². The number of hydrogen-bond donors (Lipinski definition) is 0. The second kappa shape index (κ2) is 4.93. The van der Waals surface area contributed by atoms with Crippen LogP contribution in [0.5, 0.6) is 0 Å². The van der Waals surface area contributed by atoms with Gasteiger partial charge in [-0.2, -0.15) is 5.26 Å². The van der Waals surface area contributed by atoms with Crippen LogP contribution < -0.4 is 4.90 Å². The Morgan fingerprint density at radius 2 is 2.31 bits per heavy atom. The zero-order valence-corrected chi connectivity index (χ0v) is 9.56. The molecular formula is C12H16N4. The van der Waals surface area contributed by atoms with E-state index in [9.17, 15) is 0 Å². The third-order valence-electron chi connectivity index (χ3n) is 2.82. The zero-order valence-electron chi connectivity index (χ0n) is 9.56. The molecule has 1 saturated carbocycles. The molecule has 0 spiro atoms. The van der Waals surface area contributed by atoms with Crippen molar-refractivity contribution in [2.45, 2.75) is 38.6 Å². The lowest BCUT2D eigenvalue weighted by molar-refractivity contribution is 0.772. The zero-order chi connectivity index (χ0) is 11.4. The maximum Gasteiger partial charge on any atom is 0.132 e. The summed E-state index contributed by atoms with van der Waals surface area (Å²) in [7, 11) is 0. The van der Waals surface area contributed by atoms with Gasteiger partial charge in [-0.3, -0.25) is 0 Å². The number of aryl methyl sites for hydroxylation is 1. The van der Waals surface area contributed by atoms with Crippen molar-refractivity contribution in [2.24, 2.45) is 0 Å². The van der Waals surface area contributed by atoms with E-state index in [1.807, 2.05) is 6.07 Å². The van der Waals surface area contributed by atoms with E-state index in [1.165, 1.54) is 12.8 Å². The molecule has 0 saturated heterocycles. The third-order valence-corrected chi connectivity index (χ3v) is 2.82. The number of anilines is 1. The Morgan fingerprint density at radius 3 is 2.94 bits per heavy atom. The van der Waals surface area contributed by atoms with Gasteiger partial charge < -0.3 is 4.90 Å². The van der Waals surface area contributed by atoms with E-state index in [2.05, 4.69) is 27.9 Å². The Balaban J connectivity index is 2.14. The van der Waals surface area contributed by atoms with Crippen LogP contribution in [0.15, 0.2) is 12.4 Å². The summed E-state index contributed by atoms with van der Waals surface area (Å²) in [5.41, 5.74) is 1.06. The normalized spacial score (nSPS) is 14.5. The van der Waals surface area contributed by atoms with Gasteiger partial charge in [-0.05, 0) is 19.3 Å². The molecule has 2 rings (SSSR count). The molecule has 1 heterocycles. The van der Waals surface area contributed by atoms with Crippen molar-refractivity contribution in [2.75, 3.05) is 11.4 Å². The summed E-state index contributed by atoms with van der Waals surface area (Å²) in [6.07, 6.45) is 5.54. The maximum atomic E-state index is 8.66. The van der Waals surface area contributed by atoms with Crippen molar-refractivity contribution in [3.8, 4) is 6.07 Å². The standard InChI is InChI=1S/C12H16N4/c1-2-10-8-12(15-9-14-10)16(7-3-6-13)11-4-5-11/h8-9,11H,2-5,7H2,1H3. The van der Waals surface area contributed by atoms with Crippen molar-refractivity contribution in [1.29, 1.82) is 5.26 Å². The quantitative estimate of drug-likeness (QED) is 0.754. The van der Waals surface area contributed by atoms with Gasteiger partial charge in [0.1, 0.15) is 12.1 Å². The summed E-state index contributed by atoms with van der Waals surface area (Å²) in [5, 5.41) is 8.66. The van der Waals surface area contributed by atoms with E-state index in [0.29, 0.717) is 12.5 Å². The lowest BCUT2D eigenvalue weighted by atomic mass is 10.3. The molecule has 0 aromatic carbocycles. The first-order valence-electron chi connectivity index (χ1n) is 5.79. The lowest BCUT2D eigenvalue weighted by Crippen LogP contribution is -2.27. The van der Waals surface area contributed by atoms with E-state index in [0.717, 1.165) is 24.5 Å². The first-order chi connectivity index (χ1) is 7.85. The molecule has 84 valence electrons. The first kappa shape index (κ1) is 10.9. The van der Waals surface area contributed by atoms with E-state index < -0.39 is 0 Å². The minimum atomic E-state index is 0.558. The van der Waals surface area contributed by atoms with Crippen LogP contribution in [0.3, 0.4) is 0 Å². The molecule has 1 fully saturated rings. The topological polar surface area (TPSA) is 52.8 Å². The van der Waals surface area contributed by atoms with E-state index >= 15 is 0 Å². The van der Waals surface area contributed by atoms with Crippen molar-refractivity contribution < 1.29 is 0 Å². The van der Waals surface area contributed by atoms with Gasteiger partial charge in [-0.15, -0.1) is 0 Å². The number of hydrogen-bond acceptors (Lipinski definition) is 4. The highest BCUT2D eigenvalue weighted by molar-refractivity contribution is 5.42. The third kappa shape index (κ3) is 2.48. The van der Waals surface area contributed by atoms with Crippen molar-refractivity contribution >= 4 is 5.82 Å². The maximum absolute atomic E-state index is 8.66. The fraction of sp³-hybridized carbons (Fsp3) is 0.583. The molecule has 4 heteroatoms. The minimum absolute atomic E-state index is 0.558. The molecule has 0 aliphatic heterocycles. The summed E-state index contributed by atoms with van der Waals surface area (Å²) in [4.78, 5) is 10.7. The van der Waals surface area contributed by atoms with Crippen molar-refractivity contribution in [3.63, 3.8) is 0 Å². The largest absolute Gasteiger partial charge is 0.352 e. The molecule has 4 nitrogen and oxygen atoms in total. The van der Waals surface area contributed by atoms with Crippen LogP contribution in [0.1, 0.15) is 31.9 Å². The van der Waals surface area contributed by atoms with Gasteiger partial charge in [0.05, 0.1) is 12.5 Å². The van der Waals surface area contributed by atoms with Gasteiger partial charge >= 0.3 is 0 Å². The second-order valence-corrected chi connectivity index (χ2v) is 4.05. The monoisotopic (exact) mass is 216 g/mol. The lowest BCUT2D eigenvalue weighted by Gasteiger charge is -2.22. The highest BCUT2D eigenvalue weighted by Crippen LogP contribution is 2.30. The van der Waals surface area contributed by atoms with E-state index in [4.69, 9.17) is 5.26 Å². The first-order valence-corrected chi connectivity index (χ1v) is 5.79. The van der Waals surface area contributed by atoms with Crippen LogP contribution in [0.25, 0.3) is 0 Å². The number of nitriles is 1. The molecule has 1 aromatic rings. The Kier molecular flexibility index (Phi) is 3.35. The Bertz CT molecular complexity index is 392. The van der Waals surface area contributed by atoms with E-state index in [1.54, 1.807) is 6.33 Å². The highest BCUT2D eigenvalue weighted by atomic mass is 15.2. The predicted octanol–water partition coefficient (Wildman–Crippen LogP) is 1.92. The molecule has 1 aromatic heterocycles. The van der Waals surface area contributed by atoms with Crippen LogP contribution in [0, 0.1) is 11.3 Å². The van der Waals surface area contributed by atoms with Crippen LogP contribution in [-0.4, -0.2) is 22.6 Å². The Labute approximate surface area is 95.9 Å². The van der Waals surface area contributed by atoms with E-state index in [-0.39, 0.29) is 0 Å². The van der Waals surface area contributed by atoms with Crippen LogP contribution in [0.2, 0.25) is 0 Å². The minimum Gasteiger partial charge on any atom is -0.352 e. The summed E-state index contributed by atoms with van der Waals surface area (Å²) in [5.74, 6) is 0.976. The van der Waals surface area contributed by atoms with Gasteiger partial charge in [0.15, 0.2) is 0 Å². The van der Waals surface area contributed by atoms with Crippen LogP contribution >= 0.6 is 0 Å². The number of aromatic nitrogens is 2. The smallest absolute Gasteiger partial charge is 0.132 e. The molecule has 0 unspecified atom stereocenters. The van der Waals surface area contributed by atoms with Gasteiger partial charge in [-0.1, -0.05) is 6.92 Å². The molecule has 16 heavy (non-hydrogen) atoms. The SMILES string of the molecule is CCc1cc(N(CCC#N)C2CC2)ncn1. The molecule has 0 amide bonds. The fourth-order valence-electron chi connectivity index (χ4n) is 1.78. The average molecular weight is 216 g/mol. The molecule has 0 atom stereocenters. The summed E-state index contributed by atoms with van der Waals surface area (Å²) < 4.78 is 0. The summed E-state index contributed by atoms with van der Waals surface area (Å²) in [6, 6.07) is 4.82. The second-order valence-electron chi connectivity index (χ2n) is 4.05. The fourth-order valence-corrected chi connectivity index (χ4v) is 1.78. The van der Waals surface area contributed by atoms with Crippen molar-refractivity contribution in [3.05, 3.63) is 18.1 Å². The molecule has 1 aliphatic rings. The van der Waals surface area contributed by atoms with Crippen LogP contribution in [-0.2, 0) is 6.42 Å². The Morgan fingerprint density at radius 1 is 1.50 bits per heavy atom. The molecule has 1 aliphatic carbocycles. The highest BCUT2D eigenvalue weighted by Gasteiger charge is 2.29. The molecule has 0 radical (unpaired) electrons. The van der Waals surface area contributed by atoms with Gasteiger partial charge in [0.25, 0.3) is 0 Å².